The van der Waals surface area contributed by atoms with Crippen molar-refractivity contribution in [1.29, 1.82) is 0 Å². The topological polar surface area (TPSA) is 69.1 Å². The lowest BCUT2D eigenvalue weighted by Crippen LogP contribution is -2.09. The third-order valence-corrected chi connectivity index (χ3v) is 1.73. The molecule has 13 heavy (non-hydrogen) atoms. The van der Waals surface area contributed by atoms with E-state index in [0.29, 0.717) is 10.7 Å². The maximum Gasteiger partial charge on any atom is 0.243 e. The highest BCUT2D eigenvalue weighted by Gasteiger charge is 1.97. The van der Waals surface area contributed by atoms with Gasteiger partial charge in [-0.1, -0.05) is 23.7 Å². The molecular formula is C9H9ClN2O. The van der Waals surface area contributed by atoms with Gasteiger partial charge < -0.3 is 11.5 Å². The summed E-state index contributed by atoms with van der Waals surface area (Å²) in [6, 6.07) is 6.82. The molecule has 1 aromatic rings. The van der Waals surface area contributed by atoms with Gasteiger partial charge in [-0.2, -0.15) is 0 Å². The number of carbonyl (C=O) groups is 1. The number of halogens is 1. The fourth-order valence-electron chi connectivity index (χ4n) is 0.879. The van der Waals surface area contributed by atoms with Crippen LogP contribution in [0, 0.1) is 0 Å². The zero-order valence-corrected chi connectivity index (χ0v) is 7.58. The van der Waals surface area contributed by atoms with Crippen LogP contribution >= 0.6 is 11.6 Å². The van der Waals surface area contributed by atoms with E-state index in [9.17, 15) is 4.79 Å². The number of amides is 1. The fraction of sp³-hybridized carbons (Fsp3) is 0. The number of primary amides is 1. The van der Waals surface area contributed by atoms with Gasteiger partial charge in [-0.3, -0.25) is 4.79 Å². The second kappa shape index (κ2) is 3.96. The van der Waals surface area contributed by atoms with Crippen LogP contribution < -0.4 is 11.5 Å². The van der Waals surface area contributed by atoms with Crippen LogP contribution in [0.25, 0.3) is 5.70 Å². The molecule has 0 fully saturated rings. The summed E-state index contributed by atoms with van der Waals surface area (Å²) in [5, 5.41) is 0.621. The predicted octanol–water partition coefficient (Wildman–Crippen LogP) is 1.12. The first-order valence-corrected chi connectivity index (χ1v) is 4.00. The predicted molar refractivity (Wildman–Crippen MR) is 52.8 cm³/mol. The van der Waals surface area contributed by atoms with Gasteiger partial charge >= 0.3 is 0 Å². The maximum atomic E-state index is 10.5. The summed E-state index contributed by atoms with van der Waals surface area (Å²) in [4.78, 5) is 10.5. The summed E-state index contributed by atoms with van der Waals surface area (Å²) >= 11 is 5.67. The summed E-state index contributed by atoms with van der Waals surface area (Å²) in [6.07, 6.45) is 1.17. The van der Waals surface area contributed by atoms with Gasteiger partial charge in [-0.25, -0.2) is 0 Å². The van der Waals surface area contributed by atoms with Crippen LogP contribution in [-0.4, -0.2) is 5.91 Å². The van der Waals surface area contributed by atoms with Gasteiger partial charge in [0.05, 0.1) is 0 Å². The van der Waals surface area contributed by atoms with Crippen molar-refractivity contribution in [2.24, 2.45) is 11.5 Å². The quantitative estimate of drug-likeness (QED) is 0.697. The Kier molecular flexibility index (Phi) is 2.93. The van der Waals surface area contributed by atoms with Crippen LogP contribution in [-0.2, 0) is 4.79 Å². The van der Waals surface area contributed by atoms with Crippen molar-refractivity contribution in [3.05, 3.63) is 40.9 Å². The summed E-state index contributed by atoms with van der Waals surface area (Å²) in [6.45, 7) is 0. The molecule has 0 radical (unpaired) electrons. The zero-order chi connectivity index (χ0) is 9.84. The standard InChI is InChI=1S/C9H9ClN2O/c10-7-3-1-6(2-4-7)8(11)5-9(12)13/h1-5H,11H2,(H2,12,13)/b8-5-. The molecule has 0 bridgehead atoms. The first-order chi connectivity index (χ1) is 6.09. The lowest BCUT2D eigenvalue weighted by atomic mass is 10.1. The van der Waals surface area contributed by atoms with E-state index in [0.717, 1.165) is 5.56 Å². The second-order valence-electron chi connectivity index (χ2n) is 2.51. The average Bonchev–Trinajstić information content (AvgIpc) is 2.04. The smallest absolute Gasteiger partial charge is 0.243 e. The molecule has 0 aliphatic rings. The third kappa shape index (κ3) is 2.80. The maximum absolute atomic E-state index is 10.5. The largest absolute Gasteiger partial charge is 0.398 e. The summed E-state index contributed by atoms with van der Waals surface area (Å²) in [7, 11) is 0. The van der Waals surface area contributed by atoms with Crippen LogP contribution in [0.4, 0.5) is 0 Å². The van der Waals surface area contributed by atoms with E-state index in [-0.39, 0.29) is 0 Å². The first-order valence-electron chi connectivity index (χ1n) is 3.62. The third-order valence-electron chi connectivity index (χ3n) is 1.48. The molecule has 1 rings (SSSR count). The van der Waals surface area contributed by atoms with Crippen molar-refractivity contribution in [2.75, 3.05) is 0 Å². The molecule has 68 valence electrons. The Morgan fingerprint density at radius 3 is 2.23 bits per heavy atom. The van der Waals surface area contributed by atoms with Crippen molar-refractivity contribution >= 4 is 23.2 Å². The fourth-order valence-corrected chi connectivity index (χ4v) is 1.00. The molecular weight excluding hydrogens is 188 g/mol. The van der Waals surface area contributed by atoms with Gasteiger partial charge in [0, 0.05) is 16.8 Å². The van der Waals surface area contributed by atoms with Gasteiger partial charge in [-0.15, -0.1) is 0 Å². The van der Waals surface area contributed by atoms with Crippen LogP contribution in [0.15, 0.2) is 30.3 Å². The Hall–Kier alpha value is -1.48. The molecule has 0 aliphatic heterocycles. The van der Waals surface area contributed by atoms with Gasteiger partial charge in [0.25, 0.3) is 0 Å². The Balaban J connectivity index is 2.96. The van der Waals surface area contributed by atoms with Gasteiger partial charge in [0.2, 0.25) is 5.91 Å². The van der Waals surface area contributed by atoms with Crippen LogP contribution in [0.2, 0.25) is 5.02 Å². The molecule has 0 spiro atoms. The Morgan fingerprint density at radius 1 is 1.23 bits per heavy atom. The van der Waals surface area contributed by atoms with Gasteiger partial charge in [0.15, 0.2) is 0 Å². The highest BCUT2D eigenvalue weighted by atomic mass is 35.5. The Bertz CT molecular complexity index is 343. The van der Waals surface area contributed by atoms with E-state index in [2.05, 4.69) is 0 Å². The lowest BCUT2D eigenvalue weighted by molar-refractivity contribution is -0.113. The van der Waals surface area contributed by atoms with E-state index in [4.69, 9.17) is 23.1 Å². The molecule has 0 saturated heterocycles. The Morgan fingerprint density at radius 2 is 1.77 bits per heavy atom. The molecule has 1 aromatic carbocycles. The van der Waals surface area contributed by atoms with Gasteiger partial charge in [0.1, 0.15) is 0 Å². The molecule has 4 N–H and O–H groups in total. The number of hydrogen-bond donors (Lipinski definition) is 2. The molecule has 3 nitrogen and oxygen atoms in total. The average molecular weight is 197 g/mol. The molecule has 0 heterocycles. The molecule has 0 aliphatic carbocycles. The number of nitrogens with two attached hydrogens (primary N) is 2. The van der Waals surface area contributed by atoms with Crippen molar-refractivity contribution in [2.45, 2.75) is 0 Å². The van der Waals surface area contributed by atoms with Gasteiger partial charge in [-0.05, 0) is 17.7 Å². The minimum Gasteiger partial charge on any atom is -0.398 e. The Labute approximate surface area is 81.0 Å². The van der Waals surface area contributed by atoms with Crippen molar-refractivity contribution in [3.63, 3.8) is 0 Å². The van der Waals surface area contributed by atoms with Crippen molar-refractivity contribution < 1.29 is 4.79 Å². The molecule has 1 amide bonds. The number of hydrogen-bond acceptors (Lipinski definition) is 2. The number of carbonyl (C=O) groups excluding carboxylic acids is 1. The second-order valence-corrected chi connectivity index (χ2v) is 2.95. The summed E-state index contributed by atoms with van der Waals surface area (Å²) in [5.41, 5.74) is 11.6. The van der Waals surface area contributed by atoms with E-state index < -0.39 is 5.91 Å². The van der Waals surface area contributed by atoms with Crippen LogP contribution in [0.3, 0.4) is 0 Å². The van der Waals surface area contributed by atoms with E-state index in [1.165, 1.54) is 6.08 Å². The first kappa shape index (κ1) is 9.61. The summed E-state index contributed by atoms with van der Waals surface area (Å²) < 4.78 is 0. The number of benzene rings is 1. The minimum atomic E-state index is -0.563. The van der Waals surface area contributed by atoms with Crippen LogP contribution in [0.5, 0.6) is 0 Å². The lowest BCUT2D eigenvalue weighted by Gasteiger charge is -1.99. The van der Waals surface area contributed by atoms with E-state index in [1.807, 2.05) is 0 Å². The molecule has 4 heteroatoms. The molecule has 0 aromatic heterocycles. The van der Waals surface area contributed by atoms with Crippen molar-refractivity contribution in [3.8, 4) is 0 Å². The normalized spacial score (nSPS) is 11.3. The monoisotopic (exact) mass is 196 g/mol. The van der Waals surface area contributed by atoms with E-state index in [1.54, 1.807) is 24.3 Å². The molecule has 0 atom stereocenters. The van der Waals surface area contributed by atoms with E-state index >= 15 is 0 Å². The van der Waals surface area contributed by atoms with Crippen LogP contribution in [0.1, 0.15) is 5.56 Å². The minimum absolute atomic E-state index is 0.337. The molecule has 0 saturated carbocycles. The zero-order valence-electron chi connectivity index (χ0n) is 6.83. The highest BCUT2D eigenvalue weighted by Crippen LogP contribution is 2.13. The van der Waals surface area contributed by atoms with Crippen molar-refractivity contribution in [1.82, 2.24) is 0 Å². The number of rotatable bonds is 2. The molecule has 0 unspecified atom stereocenters. The SMILES string of the molecule is NC(=O)/C=C(\N)c1ccc(Cl)cc1. The summed E-state index contributed by atoms with van der Waals surface area (Å²) in [5.74, 6) is -0.563. The highest BCUT2D eigenvalue weighted by molar-refractivity contribution is 6.30.